The van der Waals surface area contributed by atoms with Crippen LogP contribution in [0, 0.1) is 0 Å². The van der Waals surface area contributed by atoms with Crippen LogP contribution < -0.4 is 0 Å². The van der Waals surface area contributed by atoms with Crippen molar-refractivity contribution in [2.45, 2.75) is 103 Å². The van der Waals surface area contributed by atoms with Gasteiger partial charge in [0.1, 0.15) is 0 Å². The second kappa shape index (κ2) is 13.0. The molecule has 2 aromatic carbocycles. The Morgan fingerprint density at radius 2 is 1.12 bits per heavy atom. The molecule has 2 rings (SSSR count). The molecule has 0 aliphatic heterocycles. The Morgan fingerprint density at radius 3 is 1.81 bits per heavy atom. The van der Waals surface area contributed by atoms with Crippen molar-refractivity contribution in [1.82, 2.24) is 0 Å². The van der Waals surface area contributed by atoms with E-state index in [-0.39, 0.29) is 0 Å². The van der Waals surface area contributed by atoms with Gasteiger partial charge in [0.25, 0.3) is 0 Å². The van der Waals surface area contributed by atoms with Crippen LogP contribution in [-0.2, 0) is 0 Å². The summed E-state index contributed by atoms with van der Waals surface area (Å²) in [5, 5.41) is 2.89. The van der Waals surface area contributed by atoms with Crippen molar-refractivity contribution in [3.05, 3.63) is 48.0 Å². The molecule has 0 spiro atoms. The van der Waals surface area contributed by atoms with E-state index in [9.17, 15) is 0 Å². The number of rotatable bonds is 14. The molecule has 0 amide bonds. The maximum Gasteiger partial charge on any atom is -0.0149 e. The molecule has 0 aromatic heterocycles. The average Bonchev–Trinajstić information content (AvgIpc) is 2.68. The Kier molecular flexibility index (Phi) is 10.5. The van der Waals surface area contributed by atoms with Gasteiger partial charge in [-0.2, -0.15) is 0 Å². The lowest BCUT2D eigenvalue weighted by atomic mass is 9.85. The SMILES string of the molecule is CCCCCCCCCC(CCCCCC)c1cccc2ccccc12. The Hall–Kier alpha value is -1.30. The molecule has 0 aliphatic carbocycles. The van der Waals surface area contributed by atoms with Crippen LogP contribution in [0.4, 0.5) is 0 Å². The Morgan fingerprint density at radius 1 is 0.577 bits per heavy atom. The van der Waals surface area contributed by atoms with Crippen LogP contribution in [0.2, 0.25) is 0 Å². The molecular weight excluding hydrogens is 312 g/mol. The van der Waals surface area contributed by atoms with Crippen molar-refractivity contribution in [2.24, 2.45) is 0 Å². The highest BCUT2D eigenvalue weighted by atomic mass is 14.2. The van der Waals surface area contributed by atoms with E-state index < -0.39 is 0 Å². The fourth-order valence-electron chi connectivity index (χ4n) is 4.23. The van der Waals surface area contributed by atoms with Crippen molar-refractivity contribution in [1.29, 1.82) is 0 Å². The third kappa shape index (κ3) is 7.14. The summed E-state index contributed by atoms with van der Waals surface area (Å²) in [4.78, 5) is 0. The van der Waals surface area contributed by atoms with Crippen molar-refractivity contribution >= 4 is 10.8 Å². The number of benzene rings is 2. The minimum Gasteiger partial charge on any atom is -0.0654 e. The van der Waals surface area contributed by atoms with Gasteiger partial charge in [-0.1, -0.05) is 127 Å². The van der Waals surface area contributed by atoms with Gasteiger partial charge < -0.3 is 0 Å². The van der Waals surface area contributed by atoms with Crippen molar-refractivity contribution in [3.8, 4) is 0 Å². The summed E-state index contributed by atoms with van der Waals surface area (Å²) in [5.41, 5.74) is 1.60. The predicted molar refractivity (Wildman–Crippen MR) is 118 cm³/mol. The molecule has 0 heterocycles. The van der Waals surface area contributed by atoms with Gasteiger partial charge in [0, 0.05) is 0 Å². The Labute approximate surface area is 162 Å². The highest BCUT2D eigenvalue weighted by Crippen LogP contribution is 2.33. The third-order valence-corrected chi connectivity index (χ3v) is 5.83. The molecule has 0 fully saturated rings. The summed E-state index contributed by atoms with van der Waals surface area (Å²) in [5.74, 6) is 0.744. The smallest absolute Gasteiger partial charge is 0.0149 e. The van der Waals surface area contributed by atoms with Crippen LogP contribution in [0.1, 0.15) is 109 Å². The number of fused-ring (bicyclic) bond motifs is 1. The third-order valence-electron chi connectivity index (χ3n) is 5.83. The topological polar surface area (TPSA) is 0 Å². The molecule has 144 valence electrons. The second-order valence-corrected chi connectivity index (χ2v) is 8.02. The van der Waals surface area contributed by atoms with Crippen LogP contribution in [0.25, 0.3) is 10.8 Å². The van der Waals surface area contributed by atoms with E-state index in [4.69, 9.17) is 0 Å². The van der Waals surface area contributed by atoms with Gasteiger partial charge >= 0.3 is 0 Å². The zero-order valence-corrected chi connectivity index (χ0v) is 17.3. The normalized spacial score (nSPS) is 12.5. The summed E-state index contributed by atoms with van der Waals surface area (Å²) in [6.45, 7) is 4.61. The average molecular weight is 353 g/mol. The van der Waals surface area contributed by atoms with E-state index in [0.29, 0.717) is 0 Å². The maximum atomic E-state index is 2.40. The van der Waals surface area contributed by atoms with Gasteiger partial charge in [0.15, 0.2) is 0 Å². The highest BCUT2D eigenvalue weighted by molar-refractivity contribution is 5.86. The molecule has 1 unspecified atom stereocenters. The van der Waals surface area contributed by atoms with Gasteiger partial charge in [0.2, 0.25) is 0 Å². The minimum absolute atomic E-state index is 0.744. The molecule has 26 heavy (non-hydrogen) atoms. The van der Waals surface area contributed by atoms with E-state index in [1.807, 2.05) is 0 Å². The quantitative estimate of drug-likeness (QED) is 0.297. The molecule has 0 nitrogen and oxygen atoms in total. The molecular formula is C26H40. The number of hydrogen-bond acceptors (Lipinski definition) is 0. The first kappa shape index (κ1) is 21.0. The largest absolute Gasteiger partial charge is 0.0654 e. The number of unbranched alkanes of at least 4 members (excludes halogenated alkanes) is 9. The van der Waals surface area contributed by atoms with E-state index in [2.05, 4.69) is 56.3 Å². The fraction of sp³-hybridized carbons (Fsp3) is 0.615. The summed E-state index contributed by atoms with van der Waals surface area (Å²) < 4.78 is 0. The van der Waals surface area contributed by atoms with Crippen LogP contribution in [0.3, 0.4) is 0 Å². The molecule has 0 saturated carbocycles. The maximum absolute atomic E-state index is 2.40. The minimum atomic E-state index is 0.744. The molecule has 0 heteroatoms. The van der Waals surface area contributed by atoms with Crippen LogP contribution in [0.15, 0.2) is 42.5 Å². The Bertz CT molecular complexity index is 593. The van der Waals surface area contributed by atoms with Crippen molar-refractivity contribution in [2.75, 3.05) is 0 Å². The van der Waals surface area contributed by atoms with Gasteiger partial charge in [-0.3, -0.25) is 0 Å². The fourth-order valence-corrected chi connectivity index (χ4v) is 4.23. The lowest BCUT2D eigenvalue weighted by Gasteiger charge is -2.20. The van der Waals surface area contributed by atoms with Crippen LogP contribution >= 0.6 is 0 Å². The summed E-state index contributed by atoms with van der Waals surface area (Å²) in [6.07, 6.45) is 18.1. The first-order valence-corrected chi connectivity index (χ1v) is 11.3. The monoisotopic (exact) mass is 352 g/mol. The van der Waals surface area contributed by atoms with E-state index in [1.165, 1.54) is 94.2 Å². The van der Waals surface area contributed by atoms with E-state index in [0.717, 1.165) is 5.92 Å². The van der Waals surface area contributed by atoms with Crippen molar-refractivity contribution < 1.29 is 0 Å². The molecule has 0 aliphatic rings. The highest BCUT2D eigenvalue weighted by Gasteiger charge is 2.14. The van der Waals surface area contributed by atoms with Gasteiger partial charge in [-0.15, -0.1) is 0 Å². The van der Waals surface area contributed by atoms with Crippen LogP contribution in [-0.4, -0.2) is 0 Å². The lowest BCUT2D eigenvalue weighted by molar-refractivity contribution is 0.491. The van der Waals surface area contributed by atoms with Gasteiger partial charge in [0.05, 0.1) is 0 Å². The standard InChI is InChI=1S/C26H40/c1-3-5-7-9-10-11-13-18-23(17-12-8-6-4-2)26-22-16-20-24-19-14-15-21-25(24)26/h14-16,19-23H,3-13,17-18H2,1-2H3. The zero-order valence-electron chi connectivity index (χ0n) is 17.3. The second-order valence-electron chi connectivity index (χ2n) is 8.02. The Balaban J connectivity index is 1.94. The first-order chi connectivity index (χ1) is 12.9. The van der Waals surface area contributed by atoms with Crippen molar-refractivity contribution in [3.63, 3.8) is 0 Å². The molecule has 0 N–H and O–H groups in total. The molecule has 0 bridgehead atoms. The number of hydrogen-bond donors (Lipinski definition) is 0. The molecule has 1 atom stereocenters. The summed E-state index contributed by atoms with van der Waals surface area (Å²) in [7, 11) is 0. The summed E-state index contributed by atoms with van der Waals surface area (Å²) >= 11 is 0. The van der Waals surface area contributed by atoms with E-state index >= 15 is 0 Å². The van der Waals surface area contributed by atoms with Crippen LogP contribution in [0.5, 0.6) is 0 Å². The lowest BCUT2D eigenvalue weighted by Crippen LogP contribution is -2.01. The molecule has 2 aromatic rings. The first-order valence-electron chi connectivity index (χ1n) is 11.3. The summed E-state index contributed by atoms with van der Waals surface area (Å²) in [6, 6.07) is 15.9. The molecule has 0 saturated heterocycles. The van der Waals surface area contributed by atoms with Gasteiger partial charge in [-0.25, -0.2) is 0 Å². The van der Waals surface area contributed by atoms with Gasteiger partial charge in [-0.05, 0) is 35.1 Å². The zero-order chi connectivity index (χ0) is 18.5. The molecule has 0 radical (unpaired) electrons. The predicted octanol–water partition coefficient (Wildman–Crippen LogP) is 9.03. The van der Waals surface area contributed by atoms with E-state index in [1.54, 1.807) is 5.56 Å².